The predicted octanol–water partition coefficient (Wildman–Crippen LogP) is 6.11. The van der Waals surface area contributed by atoms with Crippen LogP contribution in [-0.4, -0.2) is 42.4 Å². The molecule has 6 rings (SSSR count). The quantitative estimate of drug-likeness (QED) is 0.0453. The summed E-state index contributed by atoms with van der Waals surface area (Å²) in [6.45, 7) is 0. The highest BCUT2D eigenvalue weighted by atomic mass is 32.2. The van der Waals surface area contributed by atoms with Crippen LogP contribution in [-0.2, 0) is 23.3 Å². The van der Waals surface area contributed by atoms with Crippen LogP contribution in [0, 0.1) is 23.3 Å². The van der Waals surface area contributed by atoms with Gasteiger partial charge in [-0.15, -0.1) is 0 Å². The van der Waals surface area contributed by atoms with Crippen molar-refractivity contribution < 1.29 is 36.3 Å². The highest BCUT2D eigenvalue weighted by Crippen LogP contribution is 2.27. The van der Waals surface area contributed by atoms with Crippen molar-refractivity contribution in [1.29, 1.82) is 0 Å². The lowest BCUT2D eigenvalue weighted by molar-refractivity contribution is -0.160. The molecule has 0 aliphatic carbocycles. The summed E-state index contributed by atoms with van der Waals surface area (Å²) in [5, 5.41) is 1.83. The maximum absolute atomic E-state index is 13.7. The summed E-state index contributed by atoms with van der Waals surface area (Å²) in [6.07, 6.45) is 4.84. The number of pyridine rings is 2. The van der Waals surface area contributed by atoms with Gasteiger partial charge < -0.3 is 9.47 Å². The maximum Gasteiger partial charge on any atom is 0.294 e. The van der Waals surface area contributed by atoms with Crippen LogP contribution in [0.4, 0.5) is 17.6 Å². The zero-order valence-corrected chi connectivity index (χ0v) is 26.9. The number of hydrogen-bond acceptors (Lipinski definition) is 12. The van der Waals surface area contributed by atoms with E-state index in [4.69, 9.17) is 9.47 Å². The van der Waals surface area contributed by atoms with Gasteiger partial charge in [0.25, 0.3) is 11.1 Å². The van der Waals surface area contributed by atoms with E-state index in [9.17, 15) is 27.2 Å². The van der Waals surface area contributed by atoms with E-state index in [0.29, 0.717) is 39.4 Å². The molecule has 0 N–H and O–H groups in total. The monoisotopic (exact) mass is 702 g/mol. The van der Waals surface area contributed by atoms with Gasteiger partial charge in [0.1, 0.15) is 35.0 Å². The molecular weight excluding hydrogens is 680 g/mol. The Morgan fingerprint density at radius 1 is 0.667 bits per heavy atom. The minimum Gasteiger partial charge on any atom is -0.448 e. The normalized spacial score (nSPS) is 11.0. The Kier molecular flexibility index (Phi) is 10.6. The van der Waals surface area contributed by atoms with Crippen LogP contribution in [0.25, 0.3) is 22.1 Å². The summed E-state index contributed by atoms with van der Waals surface area (Å²) in [4.78, 5) is 45.8. The minimum atomic E-state index is -0.915. The molecule has 248 valence electrons. The lowest BCUT2D eigenvalue weighted by Crippen LogP contribution is -2.19. The van der Waals surface area contributed by atoms with Crippen molar-refractivity contribution in [2.24, 2.45) is 14.1 Å². The summed E-state index contributed by atoms with van der Waals surface area (Å²) in [7, 11) is 4.36. The number of rotatable bonds is 8. The van der Waals surface area contributed by atoms with Crippen molar-refractivity contribution in [3.8, 4) is 23.0 Å². The molecule has 0 amide bonds. The molecule has 12 nitrogen and oxygen atoms in total. The van der Waals surface area contributed by atoms with E-state index >= 15 is 0 Å². The highest BCUT2D eigenvalue weighted by Gasteiger charge is 2.15. The molecule has 0 aliphatic heterocycles. The zero-order valence-electron chi connectivity index (χ0n) is 25.2. The van der Waals surface area contributed by atoms with E-state index in [0.717, 1.165) is 36.3 Å². The molecule has 0 atom stereocenters. The fourth-order valence-corrected chi connectivity index (χ4v) is 4.79. The van der Waals surface area contributed by atoms with Crippen LogP contribution in [0.15, 0.2) is 80.8 Å². The van der Waals surface area contributed by atoms with Crippen LogP contribution >= 0.6 is 23.8 Å². The van der Waals surface area contributed by atoms with Gasteiger partial charge in [0, 0.05) is 49.4 Å². The van der Waals surface area contributed by atoms with Crippen LogP contribution in [0.2, 0.25) is 0 Å². The molecule has 6 aromatic rings. The first-order valence-corrected chi connectivity index (χ1v) is 15.4. The Morgan fingerprint density at radius 2 is 1.12 bits per heavy atom. The molecule has 2 aromatic carbocycles. The van der Waals surface area contributed by atoms with Crippen molar-refractivity contribution >= 4 is 45.9 Å². The number of fused-ring (bicyclic) bond motifs is 2. The summed E-state index contributed by atoms with van der Waals surface area (Å²) in [5.74, 6) is -4.00. The number of halogens is 4. The van der Waals surface area contributed by atoms with Gasteiger partial charge in [0.15, 0.2) is 39.8 Å². The molecule has 0 saturated heterocycles. The standard InChI is InChI=1S/C15H11F2N3O4S.C15H11F2N3O2S/c1-20-13-8(7-18-15(19-13)25-24-22-2)5-12(14(20)21)23-11-4-3-9(16)6-10(11)17;1-20-13-8(7-18-15(19-13)23-2)5-12(14(20)21)22-11-4-3-9(16)6-10(11)17/h3-7H,1-2H3;3-7H,1-2H3. The van der Waals surface area contributed by atoms with Crippen LogP contribution in [0.3, 0.4) is 0 Å². The van der Waals surface area contributed by atoms with Crippen molar-refractivity contribution in [2.75, 3.05) is 13.4 Å². The summed E-state index contributed by atoms with van der Waals surface area (Å²) >= 11 is 2.14. The second kappa shape index (κ2) is 14.8. The van der Waals surface area contributed by atoms with Gasteiger partial charge in [-0.3, -0.25) is 18.7 Å². The fraction of sp³-hybridized carbons (Fsp3) is 0.133. The Morgan fingerprint density at radius 3 is 1.56 bits per heavy atom. The van der Waals surface area contributed by atoms with Crippen molar-refractivity contribution in [1.82, 2.24) is 29.1 Å². The van der Waals surface area contributed by atoms with Gasteiger partial charge in [-0.1, -0.05) is 11.8 Å². The zero-order chi connectivity index (χ0) is 34.5. The lowest BCUT2D eigenvalue weighted by atomic mass is 10.3. The van der Waals surface area contributed by atoms with Gasteiger partial charge in [0.2, 0.25) is 5.16 Å². The molecule has 48 heavy (non-hydrogen) atoms. The second-order valence-corrected chi connectivity index (χ2v) is 10.9. The van der Waals surface area contributed by atoms with Crippen LogP contribution in [0.5, 0.6) is 23.0 Å². The number of hydrogen-bond donors (Lipinski definition) is 0. The van der Waals surface area contributed by atoms with Crippen molar-refractivity contribution in [2.45, 2.75) is 10.3 Å². The second-order valence-electron chi connectivity index (χ2n) is 9.48. The van der Waals surface area contributed by atoms with E-state index in [1.54, 1.807) is 6.20 Å². The Hall–Kier alpha value is -5.04. The fourth-order valence-electron chi connectivity index (χ4n) is 4.10. The SMILES string of the molecule is COOSc1ncc2cc(Oc3ccc(F)cc3F)c(=O)n(C)c2n1.CSc1ncc2cc(Oc3ccc(F)cc3F)c(=O)n(C)c2n1. The minimum absolute atomic E-state index is 0.0917. The summed E-state index contributed by atoms with van der Waals surface area (Å²) in [5.41, 5.74) is -0.249. The number of benzene rings is 2. The highest BCUT2D eigenvalue weighted by molar-refractivity contribution is 7.98. The van der Waals surface area contributed by atoms with E-state index in [2.05, 4.69) is 29.2 Å². The molecule has 4 aromatic heterocycles. The van der Waals surface area contributed by atoms with E-state index in [1.807, 2.05) is 6.26 Å². The third kappa shape index (κ3) is 7.57. The van der Waals surface area contributed by atoms with Crippen LogP contribution < -0.4 is 20.6 Å². The average molecular weight is 703 g/mol. The average Bonchev–Trinajstić information content (AvgIpc) is 3.07. The number of aryl methyl sites for hydroxylation is 2. The lowest BCUT2D eigenvalue weighted by Gasteiger charge is -2.10. The Balaban J connectivity index is 0.000000188. The Bertz CT molecular complexity index is 2270. The van der Waals surface area contributed by atoms with Gasteiger partial charge in [-0.05, 0) is 42.7 Å². The van der Waals surface area contributed by atoms with Crippen molar-refractivity contribution in [3.63, 3.8) is 0 Å². The van der Waals surface area contributed by atoms with Crippen molar-refractivity contribution in [3.05, 3.63) is 105 Å². The van der Waals surface area contributed by atoms with Gasteiger partial charge in [0.05, 0.1) is 7.11 Å². The summed E-state index contributed by atoms with van der Waals surface area (Å²) in [6, 6.07) is 8.49. The number of ether oxygens (including phenoxy) is 2. The van der Waals surface area contributed by atoms with Gasteiger partial charge in [-0.2, -0.15) is 4.33 Å². The Labute approximate surface area is 276 Å². The smallest absolute Gasteiger partial charge is 0.294 e. The maximum atomic E-state index is 13.7. The number of thioether (sulfide) groups is 1. The first-order valence-electron chi connectivity index (χ1n) is 13.4. The van der Waals surface area contributed by atoms with E-state index < -0.39 is 34.4 Å². The van der Waals surface area contributed by atoms with E-state index in [-0.39, 0.29) is 28.2 Å². The number of aromatic nitrogens is 6. The molecule has 4 heterocycles. The predicted molar refractivity (Wildman–Crippen MR) is 168 cm³/mol. The third-order valence-electron chi connectivity index (χ3n) is 6.37. The molecule has 0 bridgehead atoms. The first-order chi connectivity index (χ1) is 23.0. The molecule has 0 saturated carbocycles. The van der Waals surface area contributed by atoms with E-state index in [1.165, 1.54) is 60.4 Å². The molecule has 0 aliphatic rings. The molecule has 0 spiro atoms. The molecule has 0 fully saturated rings. The first kappa shape index (κ1) is 34.3. The largest absolute Gasteiger partial charge is 0.448 e. The molecule has 0 unspecified atom stereocenters. The molecule has 0 radical (unpaired) electrons. The van der Waals surface area contributed by atoms with Gasteiger partial charge in [-0.25, -0.2) is 42.4 Å². The van der Waals surface area contributed by atoms with Gasteiger partial charge >= 0.3 is 0 Å². The summed E-state index contributed by atoms with van der Waals surface area (Å²) < 4.78 is 71.1. The van der Waals surface area contributed by atoms with Crippen LogP contribution in [0.1, 0.15) is 0 Å². The third-order valence-corrected chi connectivity index (χ3v) is 7.49. The number of nitrogens with zero attached hydrogens (tertiary/aromatic N) is 6. The molecule has 18 heteroatoms. The topological polar surface area (TPSA) is 132 Å². The molecular formula is C30H22F4N6O6S2.